The molecular formula is C12H17N. The van der Waals surface area contributed by atoms with Crippen molar-refractivity contribution in [3.05, 3.63) is 35.4 Å². The van der Waals surface area contributed by atoms with Crippen LogP contribution >= 0.6 is 0 Å². The number of aryl methyl sites for hydroxylation is 1. The summed E-state index contributed by atoms with van der Waals surface area (Å²) in [5.41, 5.74) is 2.82. The van der Waals surface area contributed by atoms with Gasteiger partial charge >= 0.3 is 0 Å². The number of likely N-dealkylation sites (tertiary alicyclic amines) is 1. The molecule has 1 nitrogen and oxygen atoms in total. The third-order valence-electron chi connectivity index (χ3n) is 2.79. The highest BCUT2D eigenvalue weighted by atomic mass is 15.2. The number of hydrogen-bond acceptors (Lipinski definition) is 1. The molecule has 0 aliphatic carbocycles. The van der Waals surface area contributed by atoms with E-state index in [2.05, 4.69) is 36.1 Å². The van der Waals surface area contributed by atoms with E-state index < -0.39 is 0 Å². The Kier molecular flexibility index (Phi) is 2.65. The molecule has 1 heteroatoms. The fourth-order valence-electron chi connectivity index (χ4n) is 1.65. The van der Waals surface area contributed by atoms with Crippen LogP contribution in [0.2, 0.25) is 0 Å². The van der Waals surface area contributed by atoms with Gasteiger partial charge in [-0.3, -0.25) is 0 Å². The molecule has 1 aromatic carbocycles. The predicted octanol–water partition coefficient (Wildman–Crippen LogP) is 2.24. The summed E-state index contributed by atoms with van der Waals surface area (Å²) in [5.74, 6) is 0. The molecule has 1 fully saturated rings. The first-order valence-electron chi connectivity index (χ1n) is 5.12. The Balaban J connectivity index is 1.83. The third kappa shape index (κ3) is 2.31. The van der Waals surface area contributed by atoms with Crippen LogP contribution in [0.1, 0.15) is 17.5 Å². The predicted molar refractivity (Wildman–Crippen MR) is 55.9 cm³/mol. The second-order valence-electron chi connectivity index (χ2n) is 3.93. The summed E-state index contributed by atoms with van der Waals surface area (Å²) in [4.78, 5) is 2.51. The van der Waals surface area contributed by atoms with E-state index in [4.69, 9.17) is 0 Å². The van der Waals surface area contributed by atoms with Crippen molar-refractivity contribution in [3.63, 3.8) is 0 Å². The molecule has 0 amide bonds. The largest absolute Gasteiger partial charge is 0.303 e. The van der Waals surface area contributed by atoms with Crippen molar-refractivity contribution in [1.82, 2.24) is 4.90 Å². The highest BCUT2D eigenvalue weighted by molar-refractivity contribution is 5.21. The van der Waals surface area contributed by atoms with Crippen molar-refractivity contribution < 1.29 is 0 Å². The Bertz CT molecular complexity index is 259. The molecule has 0 bridgehead atoms. The van der Waals surface area contributed by atoms with Crippen LogP contribution in [0.5, 0.6) is 0 Å². The van der Waals surface area contributed by atoms with Gasteiger partial charge in [0.1, 0.15) is 0 Å². The zero-order valence-corrected chi connectivity index (χ0v) is 8.29. The van der Waals surface area contributed by atoms with Crippen LogP contribution in [0.4, 0.5) is 0 Å². The van der Waals surface area contributed by atoms with Gasteiger partial charge in [-0.25, -0.2) is 0 Å². The minimum atomic E-state index is 1.21. The van der Waals surface area contributed by atoms with Gasteiger partial charge in [0.25, 0.3) is 0 Å². The van der Waals surface area contributed by atoms with Gasteiger partial charge in [-0.2, -0.15) is 0 Å². The second-order valence-corrected chi connectivity index (χ2v) is 3.93. The summed E-state index contributed by atoms with van der Waals surface area (Å²) in [6.45, 7) is 6.00. The molecule has 0 atom stereocenters. The fraction of sp³-hybridized carbons (Fsp3) is 0.500. The molecule has 1 aromatic rings. The minimum absolute atomic E-state index is 1.21. The van der Waals surface area contributed by atoms with Gasteiger partial charge in [-0.15, -0.1) is 0 Å². The van der Waals surface area contributed by atoms with Crippen LogP contribution in [-0.2, 0) is 6.42 Å². The zero-order chi connectivity index (χ0) is 9.10. The molecule has 0 aromatic heterocycles. The van der Waals surface area contributed by atoms with E-state index in [0.29, 0.717) is 0 Å². The molecule has 1 heterocycles. The molecule has 0 N–H and O–H groups in total. The van der Waals surface area contributed by atoms with Crippen LogP contribution in [0.15, 0.2) is 24.3 Å². The smallest absolute Gasteiger partial charge is 0.00218 e. The lowest BCUT2D eigenvalue weighted by Crippen LogP contribution is -2.38. The maximum Gasteiger partial charge on any atom is 0.00218 e. The molecule has 0 saturated carbocycles. The summed E-state index contributed by atoms with van der Waals surface area (Å²) in [6.07, 6.45) is 2.61. The Morgan fingerprint density at radius 3 is 2.38 bits per heavy atom. The van der Waals surface area contributed by atoms with Crippen molar-refractivity contribution in [2.45, 2.75) is 19.8 Å². The van der Waals surface area contributed by atoms with Gasteiger partial charge in [-0.1, -0.05) is 29.8 Å². The Morgan fingerprint density at radius 1 is 1.15 bits per heavy atom. The SMILES string of the molecule is Cc1ccc(CCN2CCC2)cc1. The van der Waals surface area contributed by atoms with Crippen LogP contribution in [-0.4, -0.2) is 24.5 Å². The maximum absolute atomic E-state index is 2.51. The van der Waals surface area contributed by atoms with Crippen molar-refractivity contribution in [2.75, 3.05) is 19.6 Å². The van der Waals surface area contributed by atoms with E-state index in [1.807, 2.05) is 0 Å². The number of benzene rings is 1. The zero-order valence-electron chi connectivity index (χ0n) is 8.29. The highest BCUT2D eigenvalue weighted by Gasteiger charge is 2.12. The molecular weight excluding hydrogens is 158 g/mol. The van der Waals surface area contributed by atoms with E-state index in [1.165, 1.54) is 43.6 Å². The second kappa shape index (κ2) is 3.93. The summed E-state index contributed by atoms with van der Waals surface area (Å²) >= 11 is 0. The van der Waals surface area contributed by atoms with E-state index >= 15 is 0 Å². The van der Waals surface area contributed by atoms with E-state index in [-0.39, 0.29) is 0 Å². The molecule has 1 aliphatic rings. The fourth-order valence-corrected chi connectivity index (χ4v) is 1.65. The lowest BCUT2D eigenvalue weighted by Gasteiger charge is -2.30. The van der Waals surface area contributed by atoms with Gasteiger partial charge in [0, 0.05) is 6.54 Å². The van der Waals surface area contributed by atoms with Gasteiger partial charge < -0.3 is 4.90 Å². The third-order valence-corrected chi connectivity index (χ3v) is 2.79. The molecule has 1 saturated heterocycles. The van der Waals surface area contributed by atoms with E-state index in [1.54, 1.807) is 0 Å². The average molecular weight is 175 g/mol. The molecule has 2 rings (SSSR count). The summed E-state index contributed by atoms with van der Waals surface area (Å²) in [5, 5.41) is 0. The van der Waals surface area contributed by atoms with Crippen molar-refractivity contribution in [3.8, 4) is 0 Å². The van der Waals surface area contributed by atoms with Crippen LogP contribution in [0, 0.1) is 6.92 Å². The minimum Gasteiger partial charge on any atom is -0.303 e. The molecule has 13 heavy (non-hydrogen) atoms. The van der Waals surface area contributed by atoms with Gasteiger partial charge in [0.2, 0.25) is 0 Å². The Hall–Kier alpha value is -0.820. The molecule has 0 unspecified atom stereocenters. The standard InChI is InChI=1S/C12H17N/c1-11-3-5-12(6-4-11)7-10-13-8-2-9-13/h3-6H,2,7-10H2,1H3. The lowest BCUT2D eigenvalue weighted by atomic mass is 10.1. The molecule has 0 spiro atoms. The molecule has 70 valence electrons. The van der Waals surface area contributed by atoms with E-state index in [9.17, 15) is 0 Å². The normalized spacial score (nSPS) is 17.0. The average Bonchev–Trinajstić information content (AvgIpc) is 2.05. The first-order valence-corrected chi connectivity index (χ1v) is 5.12. The summed E-state index contributed by atoms with van der Waals surface area (Å²) in [6, 6.07) is 8.89. The van der Waals surface area contributed by atoms with Crippen LogP contribution in [0.25, 0.3) is 0 Å². The molecule has 0 radical (unpaired) electrons. The van der Waals surface area contributed by atoms with Gasteiger partial charge in [-0.05, 0) is 38.4 Å². The maximum atomic E-state index is 2.51. The van der Waals surface area contributed by atoms with Crippen LogP contribution in [0.3, 0.4) is 0 Å². The first kappa shape index (κ1) is 8.76. The topological polar surface area (TPSA) is 3.24 Å². The van der Waals surface area contributed by atoms with Crippen molar-refractivity contribution >= 4 is 0 Å². The molecule has 1 aliphatic heterocycles. The van der Waals surface area contributed by atoms with Crippen LogP contribution < -0.4 is 0 Å². The van der Waals surface area contributed by atoms with Gasteiger partial charge in [0.15, 0.2) is 0 Å². The van der Waals surface area contributed by atoms with Gasteiger partial charge in [0.05, 0.1) is 0 Å². The number of hydrogen-bond donors (Lipinski definition) is 0. The van der Waals surface area contributed by atoms with Crippen molar-refractivity contribution in [2.24, 2.45) is 0 Å². The van der Waals surface area contributed by atoms with E-state index in [0.717, 1.165) is 0 Å². The number of rotatable bonds is 3. The van der Waals surface area contributed by atoms with Crippen molar-refractivity contribution in [1.29, 1.82) is 0 Å². The quantitative estimate of drug-likeness (QED) is 0.681. The number of nitrogens with zero attached hydrogens (tertiary/aromatic N) is 1. The lowest BCUT2D eigenvalue weighted by molar-refractivity contribution is 0.184. The summed E-state index contributed by atoms with van der Waals surface area (Å²) < 4.78 is 0. The summed E-state index contributed by atoms with van der Waals surface area (Å²) in [7, 11) is 0. The highest BCUT2D eigenvalue weighted by Crippen LogP contribution is 2.09. The first-order chi connectivity index (χ1) is 6.34. The Morgan fingerprint density at radius 2 is 1.85 bits per heavy atom. The Labute approximate surface area is 80.4 Å². The monoisotopic (exact) mass is 175 g/mol.